The standard InChI is InChI=1S/C27H26F3N5O5/c1-2-19(20(31)26(38)39)25(37)35-14-12-34(13-15-35)18-10-8-17(9-11-18)32-23(36)21-22(27(28,29)30)40-24(33-21)16-6-4-3-5-7-16/h3-11,19,31H,2,12-15H2,1H3,(H,32,36)(H,38,39)/t19-/m1/s1. The highest BCUT2D eigenvalue weighted by atomic mass is 19.4. The van der Waals surface area contributed by atoms with Gasteiger partial charge in [-0.25, -0.2) is 9.78 Å². The second kappa shape index (κ2) is 11.6. The first-order chi connectivity index (χ1) is 19.0. The summed E-state index contributed by atoms with van der Waals surface area (Å²) in [5.74, 6) is -5.70. The van der Waals surface area contributed by atoms with Gasteiger partial charge in [-0.05, 0) is 42.8 Å². The fraction of sp³-hybridized carbons (Fsp3) is 0.296. The molecule has 40 heavy (non-hydrogen) atoms. The summed E-state index contributed by atoms with van der Waals surface area (Å²) in [7, 11) is 0. The molecule has 0 radical (unpaired) electrons. The van der Waals surface area contributed by atoms with Crippen LogP contribution in [-0.2, 0) is 15.8 Å². The van der Waals surface area contributed by atoms with Crippen LogP contribution in [0.5, 0.6) is 0 Å². The average molecular weight is 558 g/mol. The van der Waals surface area contributed by atoms with Gasteiger partial charge in [0.05, 0.1) is 5.92 Å². The Kier molecular flexibility index (Phi) is 8.21. The fourth-order valence-corrected chi connectivity index (χ4v) is 4.37. The van der Waals surface area contributed by atoms with Gasteiger partial charge < -0.3 is 24.6 Å². The molecule has 1 aromatic heterocycles. The van der Waals surface area contributed by atoms with Gasteiger partial charge >= 0.3 is 12.1 Å². The van der Waals surface area contributed by atoms with Crippen LogP contribution in [0, 0.1) is 11.3 Å². The van der Waals surface area contributed by atoms with Gasteiger partial charge in [-0.1, -0.05) is 25.1 Å². The molecule has 1 saturated heterocycles. The minimum absolute atomic E-state index is 0.212. The molecule has 0 unspecified atom stereocenters. The molecule has 0 spiro atoms. The Balaban J connectivity index is 1.41. The molecule has 2 heterocycles. The number of anilines is 2. The third-order valence-corrected chi connectivity index (χ3v) is 6.49. The number of carbonyl (C=O) groups is 3. The number of aromatic nitrogens is 1. The SMILES string of the molecule is CC[C@H](C(=N)C(=O)O)C(=O)N1CCN(c2ccc(NC(=O)c3nc(-c4ccccc4)oc3C(F)(F)F)cc2)CC1. The molecule has 10 nitrogen and oxygen atoms in total. The molecule has 1 aliphatic rings. The van der Waals surface area contributed by atoms with Crippen molar-refractivity contribution in [1.29, 1.82) is 5.41 Å². The van der Waals surface area contributed by atoms with Gasteiger partial charge in [0, 0.05) is 43.1 Å². The Morgan fingerprint density at radius 2 is 1.68 bits per heavy atom. The average Bonchev–Trinajstić information content (AvgIpc) is 3.41. The monoisotopic (exact) mass is 557 g/mol. The number of alkyl halides is 3. The number of hydrogen-bond acceptors (Lipinski definition) is 7. The number of piperazine rings is 1. The van der Waals surface area contributed by atoms with Crippen LogP contribution in [0.1, 0.15) is 29.6 Å². The van der Waals surface area contributed by atoms with Crippen molar-refractivity contribution >= 4 is 34.9 Å². The lowest BCUT2D eigenvalue weighted by Gasteiger charge is -2.37. The Morgan fingerprint density at radius 1 is 1.05 bits per heavy atom. The summed E-state index contributed by atoms with van der Waals surface area (Å²) in [5.41, 5.74) is -0.199. The minimum atomic E-state index is -4.93. The maximum atomic E-state index is 13.6. The summed E-state index contributed by atoms with van der Waals surface area (Å²) in [4.78, 5) is 43.9. The Hall–Kier alpha value is -4.68. The summed E-state index contributed by atoms with van der Waals surface area (Å²) in [6.07, 6.45) is -4.71. The summed E-state index contributed by atoms with van der Waals surface area (Å²) in [6.45, 7) is 3.22. The highest BCUT2D eigenvalue weighted by Gasteiger charge is 2.42. The van der Waals surface area contributed by atoms with E-state index < -0.39 is 47.0 Å². The molecule has 13 heteroatoms. The number of hydrogen-bond donors (Lipinski definition) is 3. The molecule has 2 aromatic carbocycles. The topological polar surface area (TPSA) is 140 Å². The zero-order valence-corrected chi connectivity index (χ0v) is 21.4. The third-order valence-electron chi connectivity index (χ3n) is 6.49. The molecule has 3 aromatic rings. The normalized spacial score (nSPS) is 14.5. The van der Waals surface area contributed by atoms with Crippen molar-refractivity contribution in [2.24, 2.45) is 5.92 Å². The van der Waals surface area contributed by atoms with Crippen LogP contribution in [0.3, 0.4) is 0 Å². The third kappa shape index (κ3) is 6.14. The molecule has 4 rings (SSSR count). The predicted octanol–water partition coefficient (Wildman–Crippen LogP) is 4.39. The second-order valence-corrected chi connectivity index (χ2v) is 9.05. The van der Waals surface area contributed by atoms with Crippen LogP contribution in [0.25, 0.3) is 11.5 Å². The highest BCUT2D eigenvalue weighted by Crippen LogP contribution is 2.35. The Morgan fingerprint density at radius 3 is 2.23 bits per heavy atom. The molecule has 0 aliphatic carbocycles. The quantitative estimate of drug-likeness (QED) is 0.349. The zero-order chi connectivity index (χ0) is 29.0. The van der Waals surface area contributed by atoms with Gasteiger partial charge in [0.15, 0.2) is 5.69 Å². The number of halogens is 3. The van der Waals surface area contributed by atoms with Gasteiger partial charge in [-0.2, -0.15) is 13.2 Å². The van der Waals surface area contributed by atoms with Crippen molar-refractivity contribution in [3.8, 4) is 11.5 Å². The number of carboxylic acid groups (broad SMARTS) is 1. The summed E-state index contributed by atoms with van der Waals surface area (Å²) < 4.78 is 45.6. The Bertz CT molecular complexity index is 1400. The number of nitrogens with zero attached hydrogens (tertiary/aromatic N) is 3. The maximum Gasteiger partial charge on any atom is 0.452 e. The molecule has 0 bridgehead atoms. The molecule has 0 saturated carbocycles. The van der Waals surface area contributed by atoms with E-state index in [0.717, 1.165) is 5.69 Å². The van der Waals surface area contributed by atoms with E-state index in [1.165, 1.54) is 29.2 Å². The van der Waals surface area contributed by atoms with E-state index in [9.17, 15) is 27.6 Å². The molecule has 1 atom stereocenters. The lowest BCUT2D eigenvalue weighted by Crippen LogP contribution is -2.51. The van der Waals surface area contributed by atoms with E-state index in [0.29, 0.717) is 31.7 Å². The largest absolute Gasteiger partial charge is 0.477 e. The van der Waals surface area contributed by atoms with Crippen molar-refractivity contribution < 1.29 is 37.1 Å². The van der Waals surface area contributed by atoms with Gasteiger partial charge in [0.1, 0.15) is 5.71 Å². The minimum Gasteiger partial charge on any atom is -0.477 e. The number of rotatable bonds is 8. The first-order valence-corrected chi connectivity index (χ1v) is 12.4. The van der Waals surface area contributed by atoms with E-state index in [1.54, 1.807) is 37.3 Å². The molecule has 3 N–H and O–H groups in total. The van der Waals surface area contributed by atoms with Crippen molar-refractivity contribution in [1.82, 2.24) is 9.88 Å². The van der Waals surface area contributed by atoms with E-state index in [-0.39, 0.29) is 18.0 Å². The first-order valence-electron chi connectivity index (χ1n) is 12.4. The number of aliphatic carboxylic acids is 1. The molecular formula is C27H26F3N5O5. The Labute approximate surface area is 226 Å². The molecule has 1 fully saturated rings. The first kappa shape index (κ1) is 28.3. The molecule has 2 amide bonds. The number of oxazole rings is 1. The molecule has 210 valence electrons. The van der Waals surface area contributed by atoms with Crippen molar-refractivity contribution in [2.45, 2.75) is 19.5 Å². The highest BCUT2D eigenvalue weighted by molar-refractivity contribution is 6.38. The summed E-state index contributed by atoms with van der Waals surface area (Å²) in [6, 6.07) is 14.4. The van der Waals surface area contributed by atoms with Crippen molar-refractivity contribution in [2.75, 3.05) is 36.4 Å². The van der Waals surface area contributed by atoms with Gasteiger partial charge in [0.25, 0.3) is 5.91 Å². The molecule has 1 aliphatic heterocycles. The van der Waals surface area contributed by atoms with Crippen LogP contribution >= 0.6 is 0 Å². The lowest BCUT2D eigenvalue weighted by molar-refractivity contribution is -0.153. The van der Waals surface area contributed by atoms with Gasteiger partial charge in [-0.3, -0.25) is 15.0 Å². The van der Waals surface area contributed by atoms with E-state index in [1.807, 2.05) is 4.90 Å². The van der Waals surface area contributed by atoms with Crippen molar-refractivity contribution in [3.05, 3.63) is 66.1 Å². The number of nitrogens with one attached hydrogen (secondary N) is 2. The number of carboxylic acids is 1. The van der Waals surface area contributed by atoms with Crippen molar-refractivity contribution in [3.63, 3.8) is 0 Å². The lowest BCUT2D eigenvalue weighted by atomic mass is 9.98. The summed E-state index contributed by atoms with van der Waals surface area (Å²) in [5, 5.41) is 19.2. The number of benzene rings is 2. The van der Waals surface area contributed by atoms with E-state index in [2.05, 4.69) is 10.3 Å². The van der Waals surface area contributed by atoms with Gasteiger partial charge in [-0.15, -0.1) is 0 Å². The van der Waals surface area contributed by atoms with Gasteiger partial charge in [0.2, 0.25) is 17.6 Å². The van der Waals surface area contributed by atoms with E-state index in [4.69, 9.17) is 14.9 Å². The summed E-state index contributed by atoms with van der Waals surface area (Å²) >= 11 is 0. The number of carbonyl (C=O) groups excluding carboxylic acids is 2. The maximum absolute atomic E-state index is 13.6. The van der Waals surface area contributed by atoms with Crippen LogP contribution in [0.4, 0.5) is 24.5 Å². The van der Waals surface area contributed by atoms with Crippen LogP contribution in [0.15, 0.2) is 59.0 Å². The fourth-order valence-electron chi connectivity index (χ4n) is 4.37. The van der Waals surface area contributed by atoms with E-state index >= 15 is 0 Å². The van der Waals surface area contributed by atoms with Crippen LogP contribution < -0.4 is 10.2 Å². The number of amides is 2. The van der Waals surface area contributed by atoms with Crippen LogP contribution in [-0.4, -0.2) is 64.7 Å². The second-order valence-electron chi connectivity index (χ2n) is 9.05. The molecular weight excluding hydrogens is 531 g/mol. The predicted molar refractivity (Wildman–Crippen MR) is 139 cm³/mol. The smallest absolute Gasteiger partial charge is 0.452 e. The van der Waals surface area contributed by atoms with Crippen LogP contribution in [0.2, 0.25) is 0 Å². The zero-order valence-electron chi connectivity index (χ0n) is 21.4.